The molecule has 0 atom stereocenters. The van der Waals surface area contributed by atoms with Crippen molar-refractivity contribution in [1.29, 1.82) is 0 Å². The number of likely N-dealkylation sites (N-methyl/N-ethyl adjacent to an activating group) is 1. The molecule has 0 spiro atoms. The molecule has 2 rings (SSSR count). The molecule has 0 aliphatic carbocycles. The molecule has 22 heavy (non-hydrogen) atoms. The third-order valence-electron chi connectivity index (χ3n) is 3.31. The fraction of sp³-hybridized carbons (Fsp3) is 0.312. The van der Waals surface area contributed by atoms with Crippen molar-refractivity contribution >= 4 is 22.6 Å². The number of aromatic nitrogens is 3. The number of carbonyl (C=O) groups excluding carboxylic acids is 1. The maximum atomic E-state index is 12.3. The van der Waals surface area contributed by atoms with Gasteiger partial charge in [0.2, 0.25) is 0 Å². The number of fused-ring (bicyclic) bond motifs is 1. The first kappa shape index (κ1) is 15.6. The average Bonchev–Trinajstić information content (AvgIpc) is 2.92. The lowest BCUT2D eigenvalue weighted by atomic mass is 10.1. The average molecular weight is 297 g/mol. The minimum Gasteiger partial charge on any atom is -0.397 e. The van der Waals surface area contributed by atoms with E-state index in [2.05, 4.69) is 28.5 Å². The summed E-state index contributed by atoms with van der Waals surface area (Å²) in [6, 6.07) is 0. The van der Waals surface area contributed by atoms with Crippen LogP contribution in [-0.2, 0) is 6.54 Å². The van der Waals surface area contributed by atoms with Gasteiger partial charge in [-0.3, -0.25) is 4.79 Å². The fourth-order valence-electron chi connectivity index (χ4n) is 2.15. The Bertz CT molecular complexity index is 766. The number of rotatable bonds is 5. The van der Waals surface area contributed by atoms with Gasteiger partial charge in [-0.15, -0.1) is 18.4 Å². The quantitative estimate of drug-likeness (QED) is 0.673. The van der Waals surface area contributed by atoms with Gasteiger partial charge in [-0.1, -0.05) is 6.08 Å². The molecule has 0 unspecified atom stereocenters. The summed E-state index contributed by atoms with van der Waals surface area (Å²) in [7, 11) is 1.69. The first-order valence-corrected chi connectivity index (χ1v) is 6.96. The second-order valence-electron chi connectivity index (χ2n) is 4.84. The number of hydrogen-bond acceptors (Lipinski definition) is 4. The zero-order chi connectivity index (χ0) is 16.1. The van der Waals surface area contributed by atoms with Gasteiger partial charge in [-0.05, 0) is 6.92 Å². The van der Waals surface area contributed by atoms with Crippen molar-refractivity contribution in [3.63, 3.8) is 0 Å². The summed E-state index contributed by atoms with van der Waals surface area (Å²) in [5, 5.41) is 4.96. The Morgan fingerprint density at radius 1 is 1.55 bits per heavy atom. The molecule has 0 aliphatic heterocycles. The van der Waals surface area contributed by atoms with Gasteiger partial charge >= 0.3 is 0 Å². The van der Waals surface area contributed by atoms with Gasteiger partial charge in [0, 0.05) is 26.2 Å². The van der Waals surface area contributed by atoms with Crippen molar-refractivity contribution in [2.24, 2.45) is 0 Å². The molecule has 0 fully saturated rings. The second-order valence-corrected chi connectivity index (χ2v) is 4.84. The molecule has 2 heterocycles. The van der Waals surface area contributed by atoms with Crippen LogP contribution >= 0.6 is 0 Å². The first-order chi connectivity index (χ1) is 10.6. The van der Waals surface area contributed by atoms with Crippen LogP contribution in [0.3, 0.4) is 0 Å². The van der Waals surface area contributed by atoms with E-state index in [9.17, 15) is 4.79 Å². The molecule has 2 aromatic rings. The maximum Gasteiger partial charge on any atom is 0.257 e. The highest BCUT2D eigenvalue weighted by molar-refractivity contribution is 6.05. The Kier molecular flexibility index (Phi) is 4.79. The molecule has 0 bridgehead atoms. The molecule has 0 saturated carbocycles. The topological polar surface area (TPSA) is 77.0 Å². The molecule has 114 valence electrons. The number of nitrogens with two attached hydrogens (primary N) is 1. The van der Waals surface area contributed by atoms with Crippen LogP contribution in [0.4, 0.5) is 5.69 Å². The Hall–Kier alpha value is -2.81. The number of amides is 1. The van der Waals surface area contributed by atoms with E-state index in [0.717, 1.165) is 0 Å². The van der Waals surface area contributed by atoms with Crippen LogP contribution in [0.15, 0.2) is 25.0 Å². The summed E-state index contributed by atoms with van der Waals surface area (Å²) in [5.74, 6) is 5.64. The molecule has 2 aromatic heterocycles. The van der Waals surface area contributed by atoms with Crippen LogP contribution in [0.2, 0.25) is 0 Å². The minimum absolute atomic E-state index is 0.184. The second kappa shape index (κ2) is 6.76. The van der Waals surface area contributed by atoms with Gasteiger partial charge in [0.15, 0.2) is 5.65 Å². The van der Waals surface area contributed by atoms with E-state index >= 15 is 0 Å². The summed E-state index contributed by atoms with van der Waals surface area (Å²) in [6.45, 7) is 6.51. The highest BCUT2D eigenvalue weighted by Crippen LogP contribution is 2.23. The smallest absolute Gasteiger partial charge is 0.257 e. The normalized spacial score (nSPS) is 10.1. The van der Waals surface area contributed by atoms with E-state index in [0.29, 0.717) is 41.8 Å². The van der Waals surface area contributed by atoms with Crippen molar-refractivity contribution in [2.45, 2.75) is 19.9 Å². The number of aryl methyl sites for hydroxylation is 1. The Morgan fingerprint density at radius 3 is 3.00 bits per heavy atom. The van der Waals surface area contributed by atoms with E-state index in [1.807, 2.05) is 0 Å². The zero-order valence-corrected chi connectivity index (χ0v) is 12.8. The highest BCUT2D eigenvalue weighted by atomic mass is 16.2. The van der Waals surface area contributed by atoms with Crippen LogP contribution in [0.25, 0.3) is 11.0 Å². The molecular formula is C16H19N5O. The van der Waals surface area contributed by atoms with Crippen molar-refractivity contribution in [3.05, 3.63) is 30.6 Å². The molecule has 6 heteroatoms. The molecule has 0 saturated heterocycles. The standard InChI is InChI=1S/C16H19N5O/c1-4-6-7-9-21-15-12(11-19-21)14(17)13(10-18-15)16(22)20(3)8-5-2/h5,10-11H,2,7-9H2,1,3H3,(H2,17,18). The number of pyridine rings is 1. The molecule has 2 N–H and O–H groups in total. The third-order valence-corrected chi connectivity index (χ3v) is 3.31. The van der Waals surface area contributed by atoms with Gasteiger partial charge < -0.3 is 10.6 Å². The van der Waals surface area contributed by atoms with E-state index in [1.165, 1.54) is 11.1 Å². The van der Waals surface area contributed by atoms with Crippen LogP contribution in [-0.4, -0.2) is 39.2 Å². The van der Waals surface area contributed by atoms with Crippen LogP contribution < -0.4 is 5.73 Å². The number of nitrogen functional groups attached to an aromatic ring is 1. The van der Waals surface area contributed by atoms with Crippen LogP contribution in [0, 0.1) is 11.8 Å². The van der Waals surface area contributed by atoms with Gasteiger partial charge in [-0.2, -0.15) is 5.10 Å². The van der Waals surface area contributed by atoms with E-state index in [1.54, 1.807) is 30.9 Å². The van der Waals surface area contributed by atoms with E-state index < -0.39 is 0 Å². The van der Waals surface area contributed by atoms with Crippen molar-refractivity contribution < 1.29 is 4.79 Å². The number of anilines is 1. The summed E-state index contributed by atoms with van der Waals surface area (Å²) in [4.78, 5) is 18.2. The molecule has 0 aliphatic rings. The lowest BCUT2D eigenvalue weighted by Crippen LogP contribution is -2.27. The van der Waals surface area contributed by atoms with Gasteiger partial charge in [0.05, 0.1) is 29.4 Å². The van der Waals surface area contributed by atoms with Crippen LogP contribution in [0.1, 0.15) is 23.7 Å². The highest BCUT2D eigenvalue weighted by Gasteiger charge is 2.18. The lowest BCUT2D eigenvalue weighted by molar-refractivity contribution is 0.0811. The summed E-state index contributed by atoms with van der Waals surface area (Å²) >= 11 is 0. The molecule has 0 aromatic carbocycles. The summed E-state index contributed by atoms with van der Waals surface area (Å²) in [5.41, 5.74) is 7.57. The Labute approximate surface area is 129 Å². The van der Waals surface area contributed by atoms with Crippen molar-refractivity contribution in [2.75, 3.05) is 19.3 Å². The van der Waals surface area contributed by atoms with Crippen molar-refractivity contribution in [1.82, 2.24) is 19.7 Å². The monoisotopic (exact) mass is 297 g/mol. The fourth-order valence-corrected chi connectivity index (χ4v) is 2.15. The number of hydrogen-bond donors (Lipinski definition) is 1. The van der Waals surface area contributed by atoms with Gasteiger partial charge in [-0.25, -0.2) is 9.67 Å². The molecule has 1 amide bonds. The summed E-state index contributed by atoms with van der Waals surface area (Å²) < 4.78 is 1.75. The van der Waals surface area contributed by atoms with E-state index in [4.69, 9.17) is 5.73 Å². The molecular weight excluding hydrogens is 278 g/mol. The lowest BCUT2D eigenvalue weighted by Gasteiger charge is -2.16. The molecule has 0 radical (unpaired) electrons. The summed E-state index contributed by atoms with van der Waals surface area (Å²) in [6.07, 6.45) is 5.50. The van der Waals surface area contributed by atoms with Gasteiger partial charge in [0.25, 0.3) is 5.91 Å². The first-order valence-electron chi connectivity index (χ1n) is 6.96. The maximum absolute atomic E-state index is 12.3. The van der Waals surface area contributed by atoms with Gasteiger partial charge in [0.1, 0.15) is 0 Å². The van der Waals surface area contributed by atoms with Crippen LogP contribution in [0.5, 0.6) is 0 Å². The predicted molar refractivity (Wildman–Crippen MR) is 87.2 cm³/mol. The minimum atomic E-state index is -0.184. The molecule has 6 nitrogen and oxygen atoms in total. The van der Waals surface area contributed by atoms with E-state index in [-0.39, 0.29) is 5.91 Å². The number of nitrogens with zero attached hydrogens (tertiary/aromatic N) is 4. The predicted octanol–water partition coefficient (Wildman–Crippen LogP) is 1.68. The number of carbonyl (C=O) groups is 1. The van der Waals surface area contributed by atoms with Crippen molar-refractivity contribution in [3.8, 4) is 11.8 Å². The SMILES string of the molecule is C=CCN(C)C(=O)c1cnc2c(cnn2CCC#CC)c1N. The Morgan fingerprint density at radius 2 is 2.32 bits per heavy atom. The zero-order valence-electron chi connectivity index (χ0n) is 12.8. The third kappa shape index (κ3) is 2.93. The largest absolute Gasteiger partial charge is 0.397 e. The Balaban J connectivity index is 2.36.